The van der Waals surface area contributed by atoms with Crippen molar-refractivity contribution in [2.45, 2.75) is 38.1 Å². The van der Waals surface area contributed by atoms with Gasteiger partial charge >= 0.3 is 0 Å². The van der Waals surface area contributed by atoms with Gasteiger partial charge in [0.25, 0.3) is 5.91 Å². The van der Waals surface area contributed by atoms with Crippen molar-refractivity contribution in [3.63, 3.8) is 0 Å². The number of piperidine rings is 1. The summed E-state index contributed by atoms with van der Waals surface area (Å²) in [5, 5.41) is 6.60. The Hall–Kier alpha value is -1.92. The molecule has 1 aliphatic carbocycles. The lowest BCUT2D eigenvalue weighted by Crippen LogP contribution is -2.38. The molecule has 4 rings (SSSR count). The highest BCUT2D eigenvalue weighted by Gasteiger charge is 2.30. The van der Waals surface area contributed by atoms with E-state index in [4.69, 9.17) is 16.6 Å². The average molecular weight is 404 g/mol. The molecule has 7 heteroatoms. The van der Waals surface area contributed by atoms with Crippen LogP contribution >= 0.6 is 22.9 Å². The SMILES string of the molecule is O=C(NCc1csc(C2CCN(C(=O)c3ccccc3Cl)CC2)n1)C1CC1. The average Bonchev–Trinajstić information content (AvgIpc) is 3.44. The predicted octanol–water partition coefficient (Wildman–Crippen LogP) is 3.84. The van der Waals surface area contributed by atoms with Crippen molar-refractivity contribution in [3.05, 3.63) is 50.9 Å². The summed E-state index contributed by atoms with van der Waals surface area (Å²) >= 11 is 7.81. The molecule has 1 aliphatic heterocycles. The Morgan fingerprint density at radius 1 is 1.19 bits per heavy atom. The molecule has 0 bridgehead atoms. The second kappa shape index (κ2) is 7.98. The molecule has 1 saturated heterocycles. The second-order valence-electron chi connectivity index (χ2n) is 7.22. The fraction of sp³-hybridized carbons (Fsp3) is 0.450. The van der Waals surface area contributed by atoms with E-state index in [1.807, 2.05) is 22.4 Å². The Labute approximate surface area is 167 Å². The number of aromatic nitrogens is 1. The first-order chi connectivity index (χ1) is 13.1. The normalized spacial score (nSPS) is 17.7. The van der Waals surface area contributed by atoms with Gasteiger partial charge in [-0.05, 0) is 37.8 Å². The van der Waals surface area contributed by atoms with Gasteiger partial charge in [-0.3, -0.25) is 9.59 Å². The summed E-state index contributed by atoms with van der Waals surface area (Å²) in [4.78, 5) is 31.0. The molecule has 27 heavy (non-hydrogen) atoms. The minimum Gasteiger partial charge on any atom is -0.350 e. The number of likely N-dealkylation sites (tertiary alicyclic amines) is 1. The molecule has 2 aromatic rings. The maximum Gasteiger partial charge on any atom is 0.255 e. The summed E-state index contributed by atoms with van der Waals surface area (Å²) in [6.07, 6.45) is 3.83. The number of nitrogens with one attached hydrogen (secondary N) is 1. The van der Waals surface area contributed by atoms with Crippen LogP contribution in [0.5, 0.6) is 0 Å². The number of nitrogens with zero attached hydrogens (tertiary/aromatic N) is 2. The molecular formula is C20H22ClN3O2S. The van der Waals surface area contributed by atoms with Crippen molar-refractivity contribution < 1.29 is 9.59 Å². The Bertz CT molecular complexity index is 841. The first-order valence-electron chi connectivity index (χ1n) is 9.37. The molecule has 2 amide bonds. The molecule has 1 saturated carbocycles. The van der Waals surface area contributed by atoms with Crippen LogP contribution in [-0.4, -0.2) is 34.8 Å². The summed E-state index contributed by atoms with van der Waals surface area (Å²) in [7, 11) is 0. The van der Waals surface area contributed by atoms with Crippen LogP contribution in [0.2, 0.25) is 5.02 Å². The zero-order valence-corrected chi connectivity index (χ0v) is 16.6. The van der Waals surface area contributed by atoms with E-state index >= 15 is 0 Å². The molecule has 1 N–H and O–H groups in total. The third kappa shape index (κ3) is 4.33. The smallest absolute Gasteiger partial charge is 0.255 e. The van der Waals surface area contributed by atoms with Crippen LogP contribution in [0.3, 0.4) is 0 Å². The minimum atomic E-state index is 0.00154. The number of carbonyl (C=O) groups is 2. The molecule has 2 aliphatic rings. The van der Waals surface area contributed by atoms with Crippen molar-refractivity contribution in [2.75, 3.05) is 13.1 Å². The van der Waals surface area contributed by atoms with E-state index in [9.17, 15) is 9.59 Å². The van der Waals surface area contributed by atoms with Gasteiger partial charge in [-0.1, -0.05) is 23.7 Å². The topological polar surface area (TPSA) is 62.3 Å². The van der Waals surface area contributed by atoms with Crippen LogP contribution in [0.15, 0.2) is 29.6 Å². The minimum absolute atomic E-state index is 0.00154. The van der Waals surface area contributed by atoms with Gasteiger partial charge in [0.15, 0.2) is 0 Å². The second-order valence-corrected chi connectivity index (χ2v) is 8.51. The van der Waals surface area contributed by atoms with Crippen molar-refractivity contribution in [2.24, 2.45) is 5.92 Å². The first-order valence-corrected chi connectivity index (χ1v) is 10.6. The van der Waals surface area contributed by atoms with Crippen LogP contribution in [0.1, 0.15) is 52.7 Å². The van der Waals surface area contributed by atoms with Gasteiger partial charge < -0.3 is 10.2 Å². The van der Waals surface area contributed by atoms with Crippen LogP contribution in [-0.2, 0) is 11.3 Å². The molecule has 0 unspecified atom stereocenters. The number of amides is 2. The maximum atomic E-state index is 12.7. The largest absolute Gasteiger partial charge is 0.350 e. The van der Waals surface area contributed by atoms with E-state index in [1.165, 1.54) is 0 Å². The molecule has 0 radical (unpaired) electrons. The first kappa shape index (κ1) is 18.4. The number of benzene rings is 1. The Morgan fingerprint density at radius 2 is 1.93 bits per heavy atom. The number of thiazole rings is 1. The molecule has 2 heterocycles. The molecule has 1 aromatic heterocycles. The van der Waals surface area contributed by atoms with Crippen LogP contribution < -0.4 is 5.32 Å². The van der Waals surface area contributed by atoms with Gasteiger partial charge in [-0.2, -0.15) is 0 Å². The summed E-state index contributed by atoms with van der Waals surface area (Å²) < 4.78 is 0. The van der Waals surface area contributed by atoms with Gasteiger partial charge in [0, 0.05) is 30.3 Å². The Morgan fingerprint density at radius 3 is 2.63 bits per heavy atom. The Kier molecular flexibility index (Phi) is 5.45. The zero-order chi connectivity index (χ0) is 18.8. The lowest BCUT2D eigenvalue weighted by molar-refractivity contribution is -0.122. The van der Waals surface area contributed by atoms with Gasteiger partial charge in [-0.15, -0.1) is 11.3 Å². The standard InChI is InChI=1S/C20H22ClN3O2S/c21-17-4-2-1-3-16(17)20(26)24-9-7-14(8-10-24)19-23-15(12-27-19)11-22-18(25)13-5-6-13/h1-4,12-14H,5-11H2,(H,22,25). The van der Waals surface area contributed by atoms with E-state index in [-0.39, 0.29) is 17.7 Å². The molecule has 1 aromatic carbocycles. The third-order valence-corrected chi connectivity index (χ3v) is 6.58. The van der Waals surface area contributed by atoms with E-state index < -0.39 is 0 Å². The van der Waals surface area contributed by atoms with Gasteiger partial charge in [0.1, 0.15) is 0 Å². The highest BCUT2D eigenvalue weighted by Crippen LogP contribution is 2.32. The number of carbonyl (C=O) groups excluding carboxylic acids is 2. The van der Waals surface area contributed by atoms with E-state index in [2.05, 4.69) is 5.32 Å². The Balaban J connectivity index is 1.31. The van der Waals surface area contributed by atoms with Crippen molar-refractivity contribution in [3.8, 4) is 0 Å². The van der Waals surface area contributed by atoms with E-state index in [0.717, 1.165) is 36.4 Å². The van der Waals surface area contributed by atoms with Gasteiger partial charge in [0.2, 0.25) is 5.91 Å². The predicted molar refractivity (Wildman–Crippen MR) is 106 cm³/mol. The number of halogens is 1. The summed E-state index contributed by atoms with van der Waals surface area (Å²) in [5.74, 6) is 0.749. The molecule has 2 fully saturated rings. The van der Waals surface area contributed by atoms with Crippen molar-refractivity contribution >= 4 is 34.8 Å². The fourth-order valence-corrected chi connectivity index (χ4v) is 4.60. The van der Waals surface area contributed by atoms with E-state index in [0.29, 0.717) is 36.1 Å². The van der Waals surface area contributed by atoms with Crippen molar-refractivity contribution in [1.29, 1.82) is 0 Å². The maximum absolute atomic E-state index is 12.7. The van der Waals surface area contributed by atoms with Gasteiger partial charge in [-0.25, -0.2) is 4.98 Å². The molecule has 0 atom stereocenters. The zero-order valence-electron chi connectivity index (χ0n) is 15.0. The molecule has 5 nitrogen and oxygen atoms in total. The van der Waals surface area contributed by atoms with Crippen LogP contribution in [0, 0.1) is 5.92 Å². The number of hydrogen-bond donors (Lipinski definition) is 1. The number of rotatable bonds is 5. The number of hydrogen-bond acceptors (Lipinski definition) is 4. The summed E-state index contributed by atoms with van der Waals surface area (Å²) in [5.41, 5.74) is 1.50. The third-order valence-electron chi connectivity index (χ3n) is 5.20. The van der Waals surface area contributed by atoms with E-state index in [1.54, 1.807) is 23.5 Å². The van der Waals surface area contributed by atoms with Crippen LogP contribution in [0.25, 0.3) is 0 Å². The molecule has 142 valence electrons. The quantitative estimate of drug-likeness (QED) is 0.824. The van der Waals surface area contributed by atoms with Crippen LogP contribution in [0.4, 0.5) is 0 Å². The molecular weight excluding hydrogens is 382 g/mol. The summed E-state index contributed by atoms with van der Waals surface area (Å²) in [6.45, 7) is 1.93. The monoisotopic (exact) mass is 403 g/mol. The fourth-order valence-electron chi connectivity index (χ4n) is 3.39. The lowest BCUT2D eigenvalue weighted by atomic mass is 9.97. The molecule has 0 spiro atoms. The van der Waals surface area contributed by atoms with Crippen molar-refractivity contribution in [1.82, 2.24) is 15.2 Å². The summed E-state index contributed by atoms with van der Waals surface area (Å²) in [6, 6.07) is 7.20. The highest BCUT2D eigenvalue weighted by molar-refractivity contribution is 7.09. The lowest BCUT2D eigenvalue weighted by Gasteiger charge is -2.31. The highest BCUT2D eigenvalue weighted by atomic mass is 35.5. The van der Waals surface area contributed by atoms with Gasteiger partial charge in [0.05, 0.1) is 27.8 Å².